The quantitative estimate of drug-likeness (QED) is 0.505. The number of hydrogen-bond donors (Lipinski definition) is 1. The first-order valence-corrected chi connectivity index (χ1v) is 5.71. The second kappa shape index (κ2) is 5.32. The van der Waals surface area contributed by atoms with E-state index in [2.05, 4.69) is 11.3 Å². The average Bonchev–Trinajstić information content (AvgIpc) is 1.84. The van der Waals surface area contributed by atoms with Gasteiger partial charge in [-0.2, -0.15) is 0 Å². The largest absolute Gasteiger partial charge is 0.215 e. The highest BCUT2D eigenvalue weighted by molar-refractivity contribution is 7.89. The molecular formula is C8H17NO2S. The summed E-state index contributed by atoms with van der Waals surface area (Å²) >= 11 is 0. The minimum absolute atomic E-state index is 0.172. The second-order valence-electron chi connectivity index (χ2n) is 3.15. The molecule has 0 heterocycles. The number of nitrogens with one attached hydrogen (secondary N) is 1. The number of rotatable bonds is 6. The van der Waals surface area contributed by atoms with Crippen molar-refractivity contribution in [2.24, 2.45) is 5.92 Å². The summed E-state index contributed by atoms with van der Waals surface area (Å²) in [5.41, 5.74) is 0. The maximum Gasteiger partial charge on any atom is 0.211 e. The van der Waals surface area contributed by atoms with E-state index in [9.17, 15) is 8.42 Å². The Labute approximate surface area is 74.9 Å². The minimum atomic E-state index is -3.05. The van der Waals surface area contributed by atoms with Crippen molar-refractivity contribution in [3.63, 3.8) is 0 Å². The Kier molecular flexibility index (Phi) is 5.17. The van der Waals surface area contributed by atoms with E-state index in [1.54, 1.807) is 6.08 Å². The average molecular weight is 191 g/mol. The fraction of sp³-hybridized carbons (Fsp3) is 0.750. The molecule has 0 saturated heterocycles. The van der Waals surface area contributed by atoms with Gasteiger partial charge in [0.1, 0.15) is 0 Å². The van der Waals surface area contributed by atoms with E-state index >= 15 is 0 Å². The third kappa shape index (κ3) is 6.37. The zero-order valence-corrected chi connectivity index (χ0v) is 8.52. The Morgan fingerprint density at radius 3 is 2.50 bits per heavy atom. The highest BCUT2D eigenvalue weighted by Crippen LogP contribution is 1.97. The van der Waals surface area contributed by atoms with Crippen molar-refractivity contribution < 1.29 is 8.42 Å². The Balaban J connectivity index is 3.80. The molecule has 0 saturated carbocycles. The summed E-state index contributed by atoms with van der Waals surface area (Å²) in [6.07, 6.45) is 2.37. The first-order chi connectivity index (χ1) is 5.48. The van der Waals surface area contributed by atoms with Gasteiger partial charge in [0.2, 0.25) is 10.0 Å². The van der Waals surface area contributed by atoms with Crippen molar-refractivity contribution >= 4 is 10.0 Å². The van der Waals surface area contributed by atoms with E-state index in [0.717, 1.165) is 0 Å². The predicted molar refractivity (Wildman–Crippen MR) is 51.4 cm³/mol. The molecule has 72 valence electrons. The Hall–Kier alpha value is -0.350. The van der Waals surface area contributed by atoms with E-state index < -0.39 is 10.0 Å². The van der Waals surface area contributed by atoms with Crippen molar-refractivity contribution in [1.29, 1.82) is 0 Å². The normalized spacial score (nSPS) is 11.9. The van der Waals surface area contributed by atoms with E-state index in [-0.39, 0.29) is 11.7 Å². The molecule has 0 atom stereocenters. The van der Waals surface area contributed by atoms with E-state index in [0.29, 0.717) is 13.0 Å². The summed E-state index contributed by atoms with van der Waals surface area (Å²) in [5, 5.41) is 0. The van der Waals surface area contributed by atoms with Gasteiger partial charge < -0.3 is 0 Å². The SMILES string of the molecule is C=CCCNS(=O)(=O)CC(C)C. The van der Waals surface area contributed by atoms with Crippen LogP contribution in [0.2, 0.25) is 0 Å². The molecule has 0 amide bonds. The molecule has 12 heavy (non-hydrogen) atoms. The van der Waals surface area contributed by atoms with E-state index in [1.165, 1.54) is 0 Å². The fourth-order valence-corrected chi connectivity index (χ4v) is 2.24. The van der Waals surface area contributed by atoms with Gasteiger partial charge in [0, 0.05) is 6.54 Å². The molecule has 0 aromatic heterocycles. The molecule has 0 bridgehead atoms. The molecule has 4 heteroatoms. The van der Waals surface area contributed by atoms with Crippen LogP contribution in [0.4, 0.5) is 0 Å². The second-order valence-corrected chi connectivity index (χ2v) is 5.00. The Morgan fingerprint density at radius 1 is 1.50 bits per heavy atom. The molecule has 0 aliphatic carbocycles. The van der Waals surface area contributed by atoms with Crippen molar-refractivity contribution in [2.45, 2.75) is 20.3 Å². The van der Waals surface area contributed by atoms with Gasteiger partial charge in [-0.15, -0.1) is 6.58 Å². The molecule has 0 aromatic rings. The number of sulfonamides is 1. The van der Waals surface area contributed by atoms with Crippen LogP contribution in [-0.2, 0) is 10.0 Å². The van der Waals surface area contributed by atoms with Crippen molar-refractivity contribution in [1.82, 2.24) is 4.72 Å². The highest BCUT2D eigenvalue weighted by Gasteiger charge is 2.10. The summed E-state index contributed by atoms with van der Waals surface area (Å²) in [6.45, 7) is 7.73. The molecule has 0 aliphatic rings. The van der Waals surface area contributed by atoms with Crippen molar-refractivity contribution in [2.75, 3.05) is 12.3 Å². The molecular weight excluding hydrogens is 174 g/mol. The molecule has 0 spiro atoms. The van der Waals surface area contributed by atoms with Crippen LogP contribution >= 0.6 is 0 Å². The third-order valence-electron chi connectivity index (χ3n) is 1.22. The van der Waals surface area contributed by atoms with Gasteiger partial charge in [-0.05, 0) is 12.3 Å². The van der Waals surface area contributed by atoms with Crippen molar-refractivity contribution in [3.05, 3.63) is 12.7 Å². The molecule has 0 radical (unpaired) electrons. The van der Waals surface area contributed by atoms with Gasteiger partial charge in [-0.25, -0.2) is 13.1 Å². The Bertz CT molecular complexity index is 219. The van der Waals surface area contributed by atoms with Gasteiger partial charge >= 0.3 is 0 Å². The molecule has 1 N–H and O–H groups in total. The monoisotopic (exact) mass is 191 g/mol. The van der Waals surface area contributed by atoms with Gasteiger partial charge in [0.25, 0.3) is 0 Å². The van der Waals surface area contributed by atoms with Crippen molar-refractivity contribution in [3.8, 4) is 0 Å². The molecule has 0 aromatic carbocycles. The molecule has 3 nitrogen and oxygen atoms in total. The van der Waals surface area contributed by atoms with Gasteiger partial charge in [0.05, 0.1) is 5.75 Å². The zero-order chi connectivity index (χ0) is 9.61. The summed E-state index contributed by atoms with van der Waals surface area (Å²) in [4.78, 5) is 0. The zero-order valence-electron chi connectivity index (χ0n) is 7.71. The first-order valence-electron chi connectivity index (χ1n) is 4.06. The van der Waals surface area contributed by atoms with E-state index in [1.807, 2.05) is 13.8 Å². The molecule has 0 fully saturated rings. The van der Waals surface area contributed by atoms with Crippen LogP contribution in [0.3, 0.4) is 0 Å². The first kappa shape index (κ1) is 11.6. The van der Waals surface area contributed by atoms with Crippen LogP contribution in [-0.4, -0.2) is 20.7 Å². The van der Waals surface area contributed by atoms with Crippen LogP contribution in [0.5, 0.6) is 0 Å². The van der Waals surface area contributed by atoms with Gasteiger partial charge in [-0.1, -0.05) is 19.9 Å². The molecule has 0 unspecified atom stereocenters. The van der Waals surface area contributed by atoms with Crippen LogP contribution in [0, 0.1) is 5.92 Å². The molecule has 0 aliphatic heterocycles. The van der Waals surface area contributed by atoms with Crippen LogP contribution in [0.15, 0.2) is 12.7 Å². The summed E-state index contributed by atoms with van der Waals surface area (Å²) in [7, 11) is -3.05. The lowest BCUT2D eigenvalue weighted by molar-refractivity contribution is 0.568. The molecule has 0 rings (SSSR count). The maximum atomic E-state index is 11.2. The lowest BCUT2D eigenvalue weighted by Gasteiger charge is -2.06. The maximum absolute atomic E-state index is 11.2. The van der Waals surface area contributed by atoms with E-state index in [4.69, 9.17) is 0 Å². The summed E-state index contributed by atoms with van der Waals surface area (Å²) in [5.74, 6) is 0.371. The van der Waals surface area contributed by atoms with Gasteiger partial charge in [-0.3, -0.25) is 0 Å². The van der Waals surface area contributed by atoms with Gasteiger partial charge in [0.15, 0.2) is 0 Å². The lowest BCUT2D eigenvalue weighted by Crippen LogP contribution is -2.29. The van der Waals surface area contributed by atoms with Crippen LogP contribution in [0.25, 0.3) is 0 Å². The van der Waals surface area contributed by atoms with Crippen LogP contribution in [0.1, 0.15) is 20.3 Å². The van der Waals surface area contributed by atoms with Crippen LogP contribution < -0.4 is 4.72 Å². The Morgan fingerprint density at radius 2 is 2.08 bits per heavy atom. The minimum Gasteiger partial charge on any atom is -0.215 e. The standard InChI is InChI=1S/C8H17NO2S/c1-4-5-6-9-12(10,11)7-8(2)3/h4,8-9H,1,5-7H2,2-3H3. The third-order valence-corrected chi connectivity index (χ3v) is 2.97. The number of hydrogen-bond acceptors (Lipinski definition) is 2. The smallest absolute Gasteiger partial charge is 0.211 e. The predicted octanol–water partition coefficient (Wildman–Crippen LogP) is 1.14. The lowest BCUT2D eigenvalue weighted by atomic mass is 10.3. The topological polar surface area (TPSA) is 46.2 Å². The summed E-state index contributed by atoms with van der Waals surface area (Å²) < 4.78 is 24.8. The fourth-order valence-electron chi connectivity index (χ4n) is 0.814. The highest BCUT2D eigenvalue weighted by atomic mass is 32.2. The summed E-state index contributed by atoms with van der Waals surface area (Å²) in [6, 6.07) is 0.